The fourth-order valence-electron chi connectivity index (χ4n) is 2.94. The average Bonchev–Trinajstić information content (AvgIpc) is 2.64. The van der Waals surface area contributed by atoms with E-state index in [2.05, 4.69) is 93.6 Å². The number of allylic oxidation sites excluding steroid dienone is 1. The lowest BCUT2D eigenvalue weighted by Crippen LogP contribution is -1.98. The maximum atomic E-state index is 4.98. The van der Waals surface area contributed by atoms with Gasteiger partial charge in [-0.2, -0.15) is 0 Å². The first-order chi connectivity index (χ1) is 12.1. The molecule has 1 nitrogen and oxygen atoms in total. The molecule has 25 heavy (non-hydrogen) atoms. The number of benzene rings is 3. The second kappa shape index (κ2) is 7.76. The molecule has 0 atom stereocenters. The van der Waals surface area contributed by atoms with Crippen molar-refractivity contribution >= 4 is 23.0 Å². The van der Waals surface area contributed by atoms with E-state index in [-0.39, 0.29) is 0 Å². The predicted molar refractivity (Wildman–Crippen MR) is 109 cm³/mol. The van der Waals surface area contributed by atoms with Gasteiger partial charge in [0.15, 0.2) is 0 Å². The molecule has 0 saturated heterocycles. The third-order valence-corrected chi connectivity index (χ3v) is 4.30. The van der Waals surface area contributed by atoms with Crippen LogP contribution in [-0.4, -0.2) is 5.71 Å². The topological polar surface area (TPSA) is 12.4 Å². The quantitative estimate of drug-likeness (QED) is 0.377. The van der Waals surface area contributed by atoms with Crippen LogP contribution in [0.2, 0.25) is 0 Å². The number of aryl methyl sites for hydroxylation is 2. The standard InChI is InChI=1S/C24H23N/c1-18-11-10-12-19(2)24(18)25-20(3)23(22-15-8-5-9-16-22)17-21-13-6-4-7-14-21/h4-17H,1-3H3/b23-17-,25-20?. The Morgan fingerprint density at radius 1 is 0.720 bits per heavy atom. The van der Waals surface area contributed by atoms with E-state index >= 15 is 0 Å². The molecule has 124 valence electrons. The molecule has 0 fully saturated rings. The molecule has 0 N–H and O–H groups in total. The number of rotatable bonds is 4. The highest BCUT2D eigenvalue weighted by atomic mass is 14.8. The van der Waals surface area contributed by atoms with E-state index in [0.29, 0.717) is 0 Å². The molecule has 0 heterocycles. The van der Waals surface area contributed by atoms with Crippen molar-refractivity contribution in [1.29, 1.82) is 0 Å². The van der Waals surface area contributed by atoms with Crippen LogP contribution in [0.1, 0.15) is 29.2 Å². The number of aliphatic imine (C=N–C) groups is 1. The summed E-state index contributed by atoms with van der Waals surface area (Å²) in [4.78, 5) is 4.98. The minimum absolute atomic E-state index is 1.02. The lowest BCUT2D eigenvalue weighted by atomic mass is 9.98. The summed E-state index contributed by atoms with van der Waals surface area (Å²) < 4.78 is 0. The van der Waals surface area contributed by atoms with E-state index < -0.39 is 0 Å². The van der Waals surface area contributed by atoms with Crippen molar-refractivity contribution in [3.05, 3.63) is 101 Å². The summed E-state index contributed by atoms with van der Waals surface area (Å²) in [6.07, 6.45) is 2.21. The Hall–Kier alpha value is -2.93. The van der Waals surface area contributed by atoms with E-state index in [9.17, 15) is 0 Å². The van der Waals surface area contributed by atoms with Gasteiger partial charge in [-0.15, -0.1) is 0 Å². The molecule has 0 amide bonds. The molecule has 0 aliphatic carbocycles. The van der Waals surface area contributed by atoms with Gasteiger partial charge in [0.25, 0.3) is 0 Å². The van der Waals surface area contributed by atoms with E-state index in [0.717, 1.165) is 17.0 Å². The second-order valence-corrected chi connectivity index (χ2v) is 6.27. The Kier molecular flexibility index (Phi) is 5.25. The van der Waals surface area contributed by atoms with E-state index in [1.54, 1.807) is 0 Å². The highest BCUT2D eigenvalue weighted by molar-refractivity contribution is 6.27. The van der Waals surface area contributed by atoms with Crippen LogP contribution in [0, 0.1) is 13.8 Å². The molecule has 0 unspecified atom stereocenters. The van der Waals surface area contributed by atoms with E-state index in [1.807, 2.05) is 12.1 Å². The Morgan fingerprint density at radius 3 is 1.88 bits per heavy atom. The lowest BCUT2D eigenvalue weighted by Gasteiger charge is -2.11. The fraction of sp³-hybridized carbons (Fsp3) is 0.125. The minimum Gasteiger partial charge on any atom is -0.253 e. The van der Waals surface area contributed by atoms with Crippen molar-refractivity contribution in [1.82, 2.24) is 0 Å². The molecule has 1 heteroatoms. The van der Waals surface area contributed by atoms with Crippen molar-refractivity contribution in [2.45, 2.75) is 20.8 Å². The average molecular weight is 325 g/mol. The van der Waals surface area contributed by atoms with Gasteiger partial charge >= 0.3 is 0 Å². The zero-order chi connectivity index (χ0) is 17.6. The third kappa shape index (κ3) is 4.13. The monoisotopic (exact) mass is 325 g/mol. The SMILES string of the molecule is CC(=Nc1c(C)cccc1C)/C(=C/c1ccccc1)c1ccccc1. The molecule has 0 bridgehead atoms. The van der Waals surface area contributed by atoms with Crippen LogP contribution in [0.3, 0.4) is 0 Å². The van der Waals surface area contributed by atoms with Crippen LogP contribution in [0.15, 0.2) is 83.9 Å². The van der Waals surface area contributed by atoms with Crippen LogP contribution in [0.5, 0.6) is 0 Å². The number of hydrogen-bond donors (Lipinski definition) is 0. The molecule has 3 rings (SSSR count). The lowest BCUT2D eigenvalue weighted by molar-refractivity contribution is 1.32. The summed E-state index contributed by atoms with van der Waals surface area (Å²) in [6.45, 7) is 6.32. The molecular weight excluding hydrogens is 302 g/mol. The summed E-state index contributed by atoms with van der Waals surface area (Å²) in [6, 6.07) is 27.2. The van der Waals surface area contributed by atoms with Gasteiger partial charge in [0, 0.05) is 11.3 Å². The molecule has 0 aliphatic heterocycles. The highest BCUT2D eigenvalue weighted by Gasteiger charge is 2.08. The predicted octanol–water partition coefficient (Wildman–Crippen LogP) is 6.64. The Labute approximate surface area is 150 Å². The fourth-order valence-corrected chi connectivity index (χ4v) is 2.94. The zero-order valence-corrected chi connectivity index (χ0v) is 15.0. The number of hydrogen-bond acceptors (Lipinski definition) is 1. The molecule has 0 radical (unpaired) electrons. The molecule has 3 aromatic carbocycles. The smallest absolute Gasteiger partial charge is 0.0691 e. The van der Waals surface area contributed by atoms with Crippen LogP contribution >= 0.6 is 0 Å². The van der Waals surface area contributed by atoms with Gasteiger partial charge in [-0.05, 0) is 49.1 Å². The summed E-state index contributed by atoms with van der Waals surface area (Å²) in [7, 11) is 0. The number of nitrogens with zero attached hydrogens (tertiary/aromatic N) is 1. The normalized spacial score (nSPS) is 12.3. The van der Waals surface area contributed by atoms with Gasteiger partial charge in [0.05, 0.1) is 5.69 Å². The van der Waals surface area contributed by atoms with Gasteiger partial charge in [-0.3, -0.25) is 4.99 Å². The Balaban J connectivity index is 2.12. The summed E-state index contributed by atoms with van der Waals surface area (Å²) in [5.74, 6) is 0. The van der Waals surface area contributed by atoms with Gasteiger partial charge in [-0.1, -0.05) is 78.9 Å². The van der Waals surface area contributed by atoms with Crippen LogP contribution in [-0.2, 0) is 0 Å². The third-order valence-electron chi connectivity index (χ3n) is 4.30. The van der Waals surface area contributed by atoms with Gasteiger partial charge in [0.2, 0.25) is 0 Å². The van der Waals surface area contributed by atoms with Crippen LogP contribution in [0.4, 0.5) is 5.69 Å². The van der Waals surface area contributed by atoms with Crippen LogP contribution in [0.25, 0.3) is 11.6 Å². The Bertz CT molecular complexity index is 883. The number of para-hydroxylation sites is 1. The van der Waals surface area contributed by atoms with Crippen LogP contribution < -0.4 is 0 Å². The van der Waals surface area contributed by atoms with Gasteiger partial charge in [-0.25, -0.2) is 0 Å². The van der Waals surface area contributed by atoms with E-state index in [4.69, 9.17) is 4.99 Å². The van der Waals surface area contributed by atoms with E-state index in [1.165, 1.54) is 22.3 Å². The maximum Gasteiger partial charge on any atom is 0.0691 e. The molecule has 0 spiro atoms. The zero-order valence-electron chi connectivity index (χ0n) is 15.0. The molecule has 3 aromatic rings. The van der Waals surface area contributed by atoms with Crippen molar-refractivity contribution in [2.24, 2.45) is 4.99 Å². The summed E-state index contributed by atoms with van der Waals surface area (Å²) in [5, 5.41) is 0. The second-order valence-electron chi connectivity index (χ2n) is 6.27. The van der Waals surface area contributed by atoms with Gasteiger partial charge in [0.1, 0.15) is 0 Å². The molecular formula is C24H23N. The van der Waals surface area contributed by atoms with Crippen molar-refractivity contribution in [3.63, 3.8) is 0 Å². The first-order valence-electron chi connectivity index (χ1n) is 8.59. The molecule has 0 aromatic heterocycles. The largest absolute Gasteiger partial charge is 0.253 e. The highest BCUT2D eigenvalue weighted by Crippen LogP contribution is 2.27. The van der Waals surface area contributed by atoms with Crippen molar-refractivity contribution in [3.8, 4) is 0 Å². The van der Waals surface area contributed by atoms with Crippen molar-refractivity contribution in [2.75, 3.05) is 0 Å². The molecule has 0 saturated carbocycles. The first-order valence-corrected chi connectivity index (χ1v) is 8.59. The van der Waals surface area contributed by atoms with Crippen molar-refractivity contribution < 1.29 is 0 Å². The maximum absolute atomic E-state index is 4.98. The first kappa shape index (κ1) is 16.9. The molecule has 0 aliphatic rings. The minimum atomic E-state index is 1.02. The summed E-state index contributed by atoms with van der Waals surface area (Å²) in [5.41, 5.74) is 7.99. The Morgan fingerprint density at radius 2 is 1.28 bits per heavy atom. The van der Waals surface area contributed by atoms with Gasteiger partial charge < -0.3 is 0 Å². The summed E-state index contributed by atoms with van der Waals surface area (Å²) >= 11 is 0.